The molecule has 0 aliphatic carbocycles. The van der Waals surface area contributed by atoms with Crippen LogP contribution in [0.25, 0.3) is 0 Å². The third-order valence-corrected chi connectivity index (χ3v) is 2.93. The van der Waals surface area contributed by atoms with Crippen LogP contribution < -0.4 is 15.8 Å². The molecule has 2 aromatic rings. The van der Waals surface area contributed by atoms with Crippen molar-refractivity contribution in [2.45, 2.75) is 6.92 Å². The Morgan fingerprint density at radius 2 is 2.22 bits per heavy atom. The van der Waals surface area contributed by atoms with Crippen LogP contribution in [0.5, 0.6) is 5.75 Å². The van der Waals surface area contributed by atoms with Crippen LogP contribution in [0.3, 0.4) is 0 Å². The molecule has 6 nitrogen and oxygen atoms in total. The number of methoxy groups -OCH3 is 1. The Kier molecular flexibility index (Phi) is 3.42. The fourth-order valence-corrected chi connectivity index (χ4v) is 1.95. The van der Waals surface area contributed by atoms with Crippen molar-refractivity contribution < 1.29 is 9.53 Å². The van der Waals surface area contributed by atoms with Gasteiger partial charge >= 0.3 is 0 Å². The molecule has 1 heterocycles. The number of benzene rings is 1. The van der Waals surface area contributed by atoms with E-state index in [1.807, 2.05) is 13.0 Å². The maximum absolute atomic E-state index is 12.1. The molecule has 0 bridgehead atoms. The predicted molar refractivity (Wildman–Crippen MR) is 70.0 cm³/mol. The molecule has 0 saturated heterocycles. The maximum Gasteiger partial charge on any atom is 0.261 e. The summed E-state index contributed by atoms with van der Waals surface area (Å²) in [6.07, 6.45) is 0. The van der Waals surface area contributed by atoms with Gasteiger partial charge in [0.05, 0.1) is 12.7 Å². The molecule has 0 atom stereocenters. The van der Waals surface area contributed by atoms with E-state index in [0.717, 1.165) is 16.9 Å². The van der Waals surface area contributed by atoms with Gasteiger partial charge in [0.2, 0.25) is 10.3 Å². The van der Waals surface area contributed by atoms with Gasteiger partial charge in [0.1, 0.15) is 5.75 Å². The zero-order valence-corrected chi connectivity index (χ0v) is 10.7. The lowest BCUT2D eigenvalue weighted by Crippen LogP contribution is -2.13. The highest BCUT2D eigenvalue weighted by molar-refractivity contribution is 7.19. The Balaban J connectivity index is 2.25. The molecule has 1 amide bonds. The first-order chi connectivity index (χ1) is 8.60. The minimum atomic E-state index is -0.299. The topological polar surface area (TPSA) is 90.1 Å². The van der Waals surface area contributed by atoms with E-state index in [1.165, 1.54) is 7.11 Å². The number of nitrogens with one attached hydrogen (secondary N) is 1. The van der Waals surface area contributed by atoms with Crippen molar-refractivity contribution in [2.75, 3.05) is 18.2 Å². The smallest absolute Gasteiger partial charge is 0.261 e. The maximum atomic E-state index is 12.1. The van der Waals surface area contributed by atoms with Crippen molar-refractivity contribution in [3.8, 4) is 5.75 Å². The van der Waals surface area contributed by atoms with Crippen molar-refractivity contribution in [2.24, 2.45) is 0 Å². The summed E-state index contributed by atoms with van der Waals surface area (Å²) in [5.41, 5.74) is 6.86. The molecule has 94 valence electrons. The van der Waals surface area contributed by atoms with Gasteiger partial charge < -0.3 is 10.5 Å². The van der Waals surface area contributed by atoms with E-state index in [2.05, 4.69) is 15.5 Å². The van der Waals surface area contributed by atoms with E-state index < -0.39 is 0 Å². The number of amides is 1. The van der Waals surface area contributed by atoms with Crippen molar-refractivity contribution >= 4 is 27.5 Å². The quantitative estimate of drug-likeness (QED) is 0.880. The number of carbonyl (C=O) groups excluding carboxylic acids is 1. The third kappa shape index (κ3) is 2.57. The molecule has 7 heteroatoms. The zero-order valence-electron chi connectivity index (χ0n) is 9.93. The first-order valence-corrected chi connectivity index (χ1v) is 5.97. The number of carbonyl (C=O) groups is 1. The van der Waals surface area contributed by atoms with E-state index >= 15 is 0 Å². The van der Waals surface area contributed by atoms with Crippen LogP contribution in [0.2, 0.25) is 0 Å². The Labute approximate surface area is 108 Å². The summed E-state index contributed by atoms with van der Waals surface area (Å²) in [5, 5.41) is 10.6. The molecule has 1 aromatic heterocycles. The summed E-state index contributed by atoms with van der Waals surface area (Å²) in [7, 11) is 1.52. The second kappa shape index (κ2) is 5.01. The minimum absolute atomic E-state index is 0.299. The summed E-state index contributed by atoms with van der Waals surface area (Å²) in [5.74, 6) is 0.210. The monoisotopic (exact) mass is 264 g/mol. The molecule has 0 aliphatic rings. The number of nitrogens with two attached hydrogens (primary N) is 1. The summed E-state index contributed by atoms with van der Waals surface area (Å²) in [6, 6.07) is 5.37. The Bertz CT molecular complexity index is 582. The molecule has 0 radical (unpaired) electrons. The molecule has 0 fully saturated rings. The largest absolute Gasteiger partial charge is 0.496 e. The fourth-order valence-electron chi connectivity index (χ4n) is 1.45. The van der Waals surface area contributed by atoms with Crippen molar-refractivity contribution in [3.63, 3.8) is 0 Å². The third-order valence-electron chi connectivity index (χ3n) is 2.26. The lowest BCUT2D eigenvalue weighted by atomic mass is 10.1. The van der Waals surface area contributed by atoms with Crippen LogP contribution in [0.1, 0.15) is 15.9 Å². The van der Waals surface area contributed by atoms with E-state index in [-0.39, 0.29) is 5.91 Å². The Morgan fingerprint density at radius 3 is 2.83 bits per heavy atom. The van der Waals surface area contributed by atoms with Gasteiger partial charge in [-0.2, -0.15) is 0 Å². The molecular formula is C11H12N4O2S. The average molecular weight is 264 g/mol. The number of anilines is 2. The zero-order chi connectivity index (χ0) is 13.1. The summed E-state index contributed by atoms with van der Waals surface area (Å²) < 4.78 is 5.15. The minimum Gasteiger partial charge on any atom is -0.496 e. The molecule has 0 aliphatic heterocycles. The molecule has 0 unspecified atom stereocenters. The molecule has 2 rings (SSSR count). The number of aryl methyl sites for hydroxylation is 1. The lowest BCUT2D eigenvalue weighted by Gasteiger charge is -2.08. The number of hydrogen-bond donors (Lipinski definition) is 2. The number of nitrogens with zero attached hydrogens (tertiary/aromatic N) is 2. The number of aromatic nitrogens is 2. The highest BCUT2D eigenvalue weighted by atomic mass is 32.1. The fraction of sp³-hybridized carbons (Fsp3) is 0.182. The van der Waals surface area contributed by atoms with Crippen LogP contribution in [0.4, 0.5) is 10.3 Å². The Morgan fingerprint density at radius 1 is 1.44 bits per heavy atom. The Hall–Kier alpha value is -2.15. The molecular weight excluding hydrogens is 252 g/mol. The standard InChI is InChI=1S/C11H12N4O2S/c1-6-3-4-8(17-2)7(5-6)9(16)13-11-15-14-10(12)18-11/h3-5H,1-2H3,(H2,12,14)(H,13,15,16). The highest BCUT2D eigenvalue weighted by Gasteiger charge is 2.14. The molecule has 18 heavy (non-hydrogen) atoms. The van der Waals surface area contributed by atoms with Gasteiger partial charge in [-0.05, 0) is 19.1 Å². The van der Waals surface area contributed by atoms with Crippen LogP contribution >= 0.6 is 11.3 Å². The first-order valence-electron chi connectivity index (χ1n) is 5.15. The van der Waals surface area contributed by atoms with Gasteiger partial charge in [-0.1, -0.05) is 23.0 Å². The second-order valence-corrected chi connectivity index (χ2v) is 4.61. The van der Waals surface area contributed by atoms with Gasteiger partial charge in [-0.15, -0.1) is 10.2 Å². The predicted octanol–water partition coefficient (Wildman–Crippen LogP) is 1.69. The molecule has 0 saturated carbocycles. The lowest BCUT2D eigenvalue weighted by molar-refractivity contribution is 0.102. The van der Waals surface area contributed by atoms with Gasteiger partial charge in [0, 0.05) is 0 Å². The van der Waals surface area contributed by atoms with Gasteiger partial charge in [0.25, 0.3) is 5.91 Å². The van der Waals surface area contributed by atoms with E-state index in [9.17, 15) is 4.79 Å². The van der Waals surface area contributed by atoms with E-state index in [4.69, 9.17) is 10.5 Å². The van der Waals surface area contributed by atoms with Crippen molar-refractivity contribution in [3.05, 3.63) is 29.3 Å². The van der Waals surface area contributed by atoms with E-state index in [0.29, 0.717) is 21.6 Å². The average Bonchev–Trinajstić information content (AvgIpc) is 2.74. The number of hydrogen-bond acceptors (Lipinski definition) is 6. The second-order valence-electron chi connectivity index (χ2n) is 3.60. The van der Waals surface area contributed by atoms with Crippen molar-refractivity contribution in [1.29, 1.82) is 0 Å². The first kappa shape index (κ1) is 12.3. The van der Waals surface area contributed by atoms with Gasteiger partial charge in [-0.3, -0.25) is 10.1 Å². The summed E-state index contributed by atoms with van der Waals surface area (Å²) in [6.45, 7) is 1.90. The SMILES string of the molecule is COc1ccc(C)cc1C(=O)Nc1nnc(N)s1. The molecule has 0 spiro atoms. The molecule has 1 aromatic carbocycles. The van der Waals surface area contributed by atoms with Crippen molar-refractivity contribution in [1.82, 2.24) is 10.2 Å². The highest BCUT2D eigenvalue weighted by Crippen LogP contribution is 2.22. The normalized spacial score (nSPS) is 10.1. The van der Waals surface area contributed by atoms with Crippen LogP contribution in [0.15, 0.2) is 18.2 Å². The number of rotatable bonds is 3. The van der Waals surface area contributed by atoms with Gasteiger partial charge in [0.15, 0.2) is 0 Å². The van der Waals surface area contributed by atoms with Crippen LogP contribution in [0, 0.1) is 6.92 Å². The molecule has 3 N–H and O–H groups in total. The number of nitrogen functional groups attached to an aromatic ring is 1. The van der Waals surface area contributed by atoms with Gasteiger partial charge in [-0.25, -0.2) is 0 Å². The summed E-state index contributed by atoms with van der Waals surface area (Å²) in [4.78, 5) is 12.1. The van der Waals surface area contributed by atoms with E-state index in [1.54, 1.807) is 12.1 Å². The van der Waals surface area contributed by atoms with Crippen LogP contribution in [-0.4, -0.2) is 23.2 Å². The number of ether oxygens (including phenoxy) is 1. The van der Waals surface area contributed by atoms with Crippen LogP contribution in [-0.2, 0) is 0 Å². The summed E-state index contributed by atoms with van der Waals surface area (Å²) >= 11 is 1.11.